The van der Waals surface area contributed by atoms with Gasteiger partial charge in [-0.05, 0) is 24.0 Å². The average Bonchev–Trinajstić information content (AvgIpc) is 2.24. The van der Waals surface area contributed by atoms with Crippen molar-refractivity contribution in [1.29, 1.82) is 0 Å². The smallest absolute Gasteiger partial charge is 0.251 e. The van der Waals surface area contributed by atoms with Gasteiger partial charge in [0.25, 0.3) is 5.91 Å². The highest BCUT2D eigenvalue weighted by Gasteiger charge is 2.20. The zero-order valence-electron chi connectivity index (χ0n) is 11.3. The van der Waals surface area contributed by atoms with Crippen molar-refractivity contribution in [1.82, 2.24) is 5.32 Å². The van der Waals surface area contributed by atoms with Crippen LogP contribution in [0, 0.1) is 17.0 Å². The minimum Gasteiger partial charge on any atom is -0.394 e. The maximum Gasteiger partial charge on any atom is 0.251 e. The van der Waals surface area contributed by atoms with Crippen LogP contribution >= 0.6 is 0 Å². The fourth-order valence-electron chi connectivity index (χ4n) is 1.85. The van der Waals surface area contributed by atoms with Gasteiger partial charge in [0.05, 0.1) is 12.6 Å². The number of aliphatic hydroxyl groups is 1. The van der Waals surface area contributed by atoms with Crippen molar-refractivity contribution in [3.8, 4) is 0 Å². The predicted molar refractivity (Wildman–Crippen MR) is 68.8 cm³/mol. The highest BCUT2D eigenvalue weighted by Crippen LogP contribution is 2.20. The average molecular weight is 271 g/mol. The Labute approximate surface area is 111 Å². The molecular formula is C14H19F2NO2. The summed E-state index contributed by atoms with van der Waals surface area (Å²) < 4.78 is 26.0. The minimum atomic E-state index is -0.804. The molecule has 3 nitrogen and oxygen atoms in total. The summed E-state index contributed by atoms with van der Waals surface area (Å²) in [7, 11) is 0. The molecule has 0 aliphatic heterocycles. The van der Waals surface area contributed by atoms with E-state index in [1.54, 1.807) is 0 Å². The number of aliphatic hydroxyl groups excluding tert-OH is 1. The molecular weight excluding hydrogens is 252 g/mol. The lowest BCUT2D eigenvalue weighted by molar-refractivity contribution is 0.0896. The molecule has 0 aromatic heterocycles. The molecule has 1 aromatic rings. The number of benzene rings is 1. The lowest BCUT2D eigenvalue weighted by atomic mass is 9.88. The van der Waals surface area contributed by atoms with E-state index >= 15 is 0 Å². The van der Waals surface area contributed by atoms with E-state index < -0.39 is 23.6 Å². The Hall–Kier alpha value is -1.49. The fourth-order valence-corrected chi connectivity index (χ4v) is 1.85. The molecule has 19 heavy (non-hydrogen) atoms. The van der Waals surface area contributed by atoms with E-state index in [4.69, 9.17) is 0 Å². The maximum atomic E-state index is 13.0. The van der Waals surface area contributed by atoms with Gasteiger partial charge in [0, 0.05) is 11.6 Å². The topological polar surface area (TPSA) is 49.3 Å². The van der Waals surface area contributed by atoms with Crippen LogP contribution in [0.4, 0.5) is 8.78 Å². The minimum absolute atomic E-state index is 0.0755. The second kappa shape index (κ2) is 6.10. The summed E-state index contributed by atoms with van der Waals surface area (Å²) in [5, 5.41) is 11.8. The fraction of sp³-hybridized carbons (Fsp3) is 0.500. The van der Waals surface area contributed by atoms with E-state index in [1.165, 1.54) is 0 Å². The van der Waals surface area contributed by atoms with E-state index in [1.807, 2.05) is 20.8 Å². The molecule has 0 fully saturated rings. The first-order chi connectivity index (χ1) is 8.71. The Morgan fingerprint density at radius 3 is 2.21 bits per heavy atom. The van der Waals surface area contributed by atoms with Crippen LogP contribution in [0.25, 0.3) is 0 Å². The maximum absolute atomic E-state index is 13.0. The van der Waals surface area contributed by atoms with Crippen molar-refractivity contribution in [2.75, 3.05) is 6.61 Å². The number of amides is 1. The molecule has 0 bridgehead atoms. The molecule has 0 saturated heterocycles. The first-order valence-corrected chi connectivity index (χ1v) is 6.09. The van der Waals surface area contributed by atoms with Gasteiger partial charge in [-0.1, -0.05) is 20.8 Å². The Bertz CT molecular complexity index is 435. The quantitative estimate of drug-likeness (QED) is 0.884. The largest absolute Gasteiger partial charge is 0.394 e. The SMILES string of the molecule is CC(C)(C)CC(CO)NC(=O)c1cc(F)cc(F)c1. The van der Waals surface area contributed by atoms with Crippen LogP contribution < -0.4 is 5.32 Å². The van der Waals surface area contributed by atoms with E-state index in [0.29, 0.717) is 12.5 Å². The van der Waals surface area contributed by atoms with Gasteiger partial charge in [0.15, 0.2) is 0 Å². The molecule has 0 heterocycles. The molecule has 0 aliphatic carbocycles. The summed E-state index contributed by atoms with van der Waals surface area (Å²) in [4.78, 5) is 11.8. The number of hydrogen-bond donors (Lipinski definition) is 2. The van der Waals surface area contributed by atoms with Gasteiger partial charge in [0.2, 0.25) is 0 Å². The van der Waals surface area contributed by atoms with Crippen LogP contribution in [0.15, 0.2) is 18.2 Å². The number of nitrogens with one attached hydrogen (secondary N) is 1. The van der Waals surface area contributed by atoms with Gasteiger partial charge >= 0.3 is 0 Å². The van der Waals surface area contributed by atoms with Crippen LogP contribution in [0.3, 0.4) is 0 Å². The molecule has 1 aromatic carbocycles. The molecule has 1 atom stereocenters. The monoisotopic (exact) mass is 271 g/mol. The van der Waals surface area contributed by atoms with Crippen LogP contribution in [-0.2, 0) is 0 Å². The van der Waals surface area contributed by atoms with Crippen LogP contribution in [0.2, 0.25) is 0 Å². The van der Waals surface area contributed by atoms with Gasteiger partial charge in [-0.2, -0.15) is 0 Å². The first-order valence-electron chi connectivity index (χ1n) is 6.09. The van der Waals surface area contributed by atoms with Crippen molar-refractivity contribution in [2.45, 2.75) is 33.2 Å². The van der Waals surface area contributed by atoms with Gasteiger partial charge in [0.1, 0.15) is 11.6 Å². The highest BCUT2D eigenvalue weighted by molar-refractivity contribution is 5.94. The lowest BCUT2D eigenvalue weighted by Crippen LogP contribution is -2.40. The molecule has 106 valence electrons. The van der Waals surface area contributed by atoms with Gasteiger partial charge in [-0.3, -0.25) is 4.79 Å². The van der Waals surface area contributed by atoms with Gasteiger partial charge < -0.3 is 10.4 Å². The molecule has 0 spiro atoms. The van der Waals surface area contributed by atoms with E-state index in [2.05, 4.69) is 5.32 Å². The lowest BCUT2D eigenvalue weighted by Gasteiger charge is -2.25. The Morgan fingerprint density at radius 1 is 1.26 bits per heavy atom. The number of carbonyl (C=O) groups excluding carboxylic acids is 1. The zero-order chi connectivity index (χ0) is 14.6. The van der Waals surface area contributed by atoms with Gasteiger partial charge in [-0.15, -0.1) is 0 Å². The Balaban J connectivity index is 2.77. The third kappa shape index (κ3) is 5.34. The molecule has 0 radical (unpaired) electrons. The van der Waals surface area contributed by atoms with Crippen molar-refractivity contribution in [2.24, 2.45) is 5.41 Å². The van der Waals surface area contributed by atoms with Gasteiger partial charge in [-0.25, -0.2) is 8.78 Å². The zero-order valence-corrected chi connectivity index (χ0v) is 11.3. The molecule has 1 unspecified atom stereocenters. The van der Waals surface area contributed by atoms with Crippen LogP contribution in [0.5, 0.6) is 0 Å². The second-order valence-corrected chi connectivity index (χ2v) is 5.78. The number of rotatable bonds is 4. The number of halogens is 2. The molecule has 1 rings (SSSR count). The molecule has 5 heteroatoms. The summed E-state index contributed by atoms with van der Waals surface area (Å²) in [6.45, 7) is 5.71. The predicted octanol–water partition coefficient (Wildman–Crippen LogP) is 2.49. The van der Waals surface area contributed by atoms with Crippen molar-refractivity contribution in [3.63, 3.8) is 0 Å². The van der Waals surface area contributed by atoms with Crippen LogP contribution in [-0.4, -0.2) is 23.7 Å². The van der Waals surface area contributed by atoms with E-state index in [0.717, 1.165) is 12.1 Å². The van der Waals surface area contributed by atoms with Crippen molar-refractivity contribution < 1.29 is 18.7 Å². The van der Waals surface area contributed by atoms with E-state index in [-0.39, 0.29) is 17.6 Å². The second-order valence-electron chi connectivity index (χ2n) is 5.78. The number of hydrogen-bond acceptors (Lipinski definition) is 2. The molecule has 0 aliphatic rings. The molecule has 1 amide bonds. The Kier molecular flexibility index (Phi) is 5.00. The summed E-state index contributed by atoms with van der Waals surface area (Å²) in [6.07, 6.45) is 0.563. The van der Waals surface area contributed by atoms with Crippen LogP contribution in [0.1, 0.15) is 37.6 Å². The molecule has 2 N–H and O–H groups in total. The molecule has 0 saturated carbocycles. The summed E-state index contributed by atoms with van der Waals surface area (Å²) >= 11 is 0. The summed E-state index contributed by atoms with van der Waals surface area (Å²) in [5.74, 6) is -2.20. The van der Waals surface area contributed by atoms with Crippen molar-refractivity contribution >= 4 is 5.91 Å². The summed E-state index contributed by atoms with van der Waals surface area (Å²) in [5.41, 5.74) is -0.168. The third-order valence-corrected chi connectivity index (χ3v) is 2.54. The van der Waals surface area contributed by atoms with E-state index in [9.17, 15) is 18.7 Å². The van der Waals surface area contributed by atoms with Crippen molar-refractivity contribution in [3.05, 3.63) is 35.4 Å². The third-order valence-electron chi connectivity index (χ3n) is 2.54. The standard InChI is InChI=1S/C14H19F2NO2/c1-14(2,3)7-12(8-18)17-13(19)9-4-10(15)6-11(16)5-9/h4-6,12,18H,7-8H2,1-3H3,(H,17,19). The first kappa shape index (κ1) is 15.6. The summed E-state index contributed by atoms with van der Waals surface area (Å²) in [6, 6.07) is 2.18. The normalized spacial score (nSPS) is 13.2. The Morgan fingerprint density at radius 2 is 1.79 bits per heavy atom. The highest BCUT2D eigenvalue weighted by atomic mass is 19.1. The number of carbonyl (C=O) groups is 1.